The van der Waals surface area contributed by atoms with Gasteiger partial charge in [0, 0.05) is 18.6 Å². The maximum atomic E-state index is 5.95. The highest BCUT2D eigenvalue weighted by Crippen LogP contribution is 2.06. The Bertz CT molecular complexity index is 712. The van der Waals surface area contributed by atoms with Gasteiger partial charge in [0.15, 0.2) is 0 Å². The molecule has 3 aromatic rings. The van der Waals surface area contributed by atoms with Crippen molar-refractivity contribution in [2.75, 3.05) is 13.2 Å². The molecule has 0 bridgehead atoms. The van der Waals surface area contributed by atoms with Crippen molar-refractivity contribution >= 4 is 0 Å². The van der Waals surface area contributed by atoms with Gasteiger partial charge in [-0.1, -0.05) is 18.2 Å². The van der Waals surface area contributed by atoms with Crippen LogP contribution < -0.4 is 0 Å². The molecule has 0 amide bonds. The first kappa shape index (κ1) is 19.1. The van der Waals surface area contributed by atoms with Crippen LogP contribution in [0.1, 0.15) is 17.1 Å². The van der Waals surface area contributed by atoms with E-state index in [1.54, 1.807) is 18.6 Å². The van der Waals surface area contributed by atoms with Gasteiger partial charge in [-0.15, -0.1) is 0 Å². The van der Waals surface area contributed by atoms with E-state index in [4.69, 9.17) is 14.2 Å². The standard InChI is InChI=1S/C21H23N3O3/c1-4-10-22-18(7-1)13-25-16-21(27-15-20-9-3-6-12-24-20)17-26-14-19-8-2-5-11-23-19/h1-12,21H,13-17H2. The summed E-state index contributed by atoms with van der Waals surface area (Å²) in [6.45, 7) is 2.09. The zero-order valence-corrected chi connectivity index (χ0v) is 15.1. The van der Waals surface area contributed by atoms with E-state index in [0.717, 1.165) is 17.1 Å². The van der Waals surface area contributed by atoms with Gasteiger partial charge in [0.25, 0.3) is 0 Å². The number of pyridine rings is 3. The molecule has 0 aliphatic rings. The zero-order valence-electron chi connectivity index (χ0n) is 15.1. The van der Waals surface area contributed by atoms with Gasteiger partial charge in [-0.25, -0.2) is 0 Å². The number of hydrogen-bond acceptors (Lipinski definition) is 6. The Morgan fingerprint density at radius 1 is 0.593 bits per heavy atom. The number of nitrogens with zero attached hydrogens (tertiary/aromatic N) is 3. The van der Waals surface area contributed by atoms with E-state index < -0.39 is 0 Å². The molecule has 0 spiro atoms. The minimum atomic E-state index is -0.209. The number of rotatable bonds is 11. The van der Waals surface area contributed by atoms with Crippen LogP contribution in [0.3, 0.4) is 0 Å². The second-order valence-electron chi connectivity index (χ2n) is 5.93. The summed E-state index contributed by atoms with van der Waals surface area (Å²) >= 11 is 0. The zero-order chi connectivity index (χ0) is 18.6. The normalized spacial score (nSPS) is 11.0. The minimum absolute atomic E-state index is 0.209. The third-order valence-electron chi connectivity index (χ3n) is 3.75. The first-order chi connectivity index (χ1) is 13.4. The van der Waals surface area contributed by atoms with Gasteiger partial charge in [-0.3, -0.25) is 15.0 Å². The lowest BCUT2D eigenvalue weighted by Crippen LogP contribution is -2.26. The molecule has 0 N–H and O–H groups in total. The Kier molecular flexibility index (Phi) is 7.87. The molecule has 3 heterocycles. The maximum Gasteiger partial charge on any atom is 0.105 e. The van der Waals surface area contributed by atoms with Crippen molar-refractivity contribution in [2.24, 2.45) is 0 Å². The smallest absolute Gasteiger partial charge is 0.105 e. The molecule has 0 fully saturated rings. The number of aromatic nitrogens is 3. The van der Waals surface area contributed by atoms with E-state index >= 15 is 0 Å². The first-order valence-electron chi connectivity index (χ1n) is 8.87. The highest BCUT2D eigenvalue weighted by molar-refractivity contribution is 5.03. The van der Waals surface area contributed by atoms with E-state index in [1.165, 1.54) is 0 Å². The topological polar surface area (TPSA) is 66.4 Å². The predicted molar refractivity (Wildman–Crippen MR) is 101 cm³/mol. The van der Waals surface area contributed by atoms with Crippen LogP contribution in [0, 0.1) is 0 Å². The lowest BCUT2D eigenvalue weighted by molar-refractivity contribution is -0.0743. The van der Waals surface area contributed by atoms with Crippen LogP contribution in [0.15, 0.2) is 73.2 Å². The van der Waals surface area contributed by atoms with E-state index in [9.17, 15) is 0 Å². The predicted octanol–water partition coefficient (Wildman–Crippen LogP) is 3.19. The van der Waals surface area contributed by atoms with Gasteiger partial charge in [0.1, 0.15) is 6.10 Å². The highest BCUT2D eigenvalue weighted by atomic mass is 16.6. The fraction of sp³-hybridized carbons (Fsp3) is 0.286. The maximum absolute atomic E-state index is 5.95. The molecule has 6 nitrogen and oxygen atoms in total. The van der Waals surface area contributed by atoms with Crippen LogP contribution >= 0.6 is 0 Å². The average molecular weight is 365 g/mol. The Labute approximate surface area is 159 Å². The van der Waals surface area contributed by atoms with Crippen molar-refractivity contribution in [3.05, 3.63) is 90.3 Å². The van der Waals surface area contributed by atoms with E-state index in [1.807, 2.05) is 54.6 Å². The van der Waals surface area contributed by atoms with Gasteiger partial charge in [0.05, 0.1) is 50.1 Å². The van der Waals surface area contributed by atoms with Crippen molar-refractivity contribution in [1.82, 2.24) is 15.0 Å². The SMILES string of the molecule is c1ccc(COCC(COCc2ccccn2)OCc2ccccn2)nc1. The van der Waals surface area contributed by atoms with Gasteiger partial charge < -0.3 is 14.2 Å². The molecule has 0 radical (unpaired) electrons. The van der Waals surface area contributed by atoms with Crippen molar-refractivity contribution in [3.63, 3.8) is 0 Å². The van der Waals surface area contributed by atoms with Crippen LogP contribution in [0.5, 0.6) is 0 Å². The Hall–Kier alpha value is -2.67. The summed E-state index contributed by atoms with van der Waals surface area (Å²) < 4.78 is 17.5. The monoisotopic (exact) mass is 365 g/mol. The summed E-state index contributed by atoms with van der Waals surface area (Å²) in [5.41, 5.74) is 2.64. The van der Waals surface area contributed by atoms with Crippen LogP contribution in [0.4, 0.5) is 0 Å². The molecule has 3 rings (SSSR count). The molecule has 0 saturated heterocycles. The Morgan fingerprint density at radius 3 is 1.44 bits per heavy atom. The summed E-state index contributed by atoms with van der Waals surface area (Å²) in [4.78, 5) is 12.8. The van der Waals surface area contributed by atoms with Crippen LogP contribution in [-0.2, 0) is 34.0 Å². The molecule has 6 heteroatoms. The highest BCUT2D eigenvalue weighted by Gasteiger charge is 2.12. The van der Waals surface area contributed by atoms with Crippen LogP contribution in [0.25, 0.3) is 0 Å². The summed E-state index contributed by atoms with van der Waals surface area (Å²) in [5, 5.41) is 0. The minimum Gasteiger partial charge on any atom is -0.372 e. The van der Waals surface area contributed by atoms with Gasteiger partial charge >= 0.3 is 0 Å². The Balaban J connectivity index is 1.47. The third-order valence-corrected chi connectivity index (χ3v) is 3.75. The second-order valence-corrected chi connectivity index (χ2v) is 5.93. The Morgan fingerprint density at radius 2 is 1.04 bits per heavy atom. The molecular formula is C21H23N3O3. The molecule has 0 aliphatic heterocycles. The molecule has 0 saturated carbocycles. The summed E-state index contributed by atoms with van der Waals surface area (Å²) in [7, 11) is 0. The molecular weight excluding hydrogens is 342 g/mol. The fourth-order valence-electron chi connectivity index (χ4n) is 2.39. The largest absolute Gasteiger partial charge is 0.372 e. The molecule has 0 atom stereocenters. The summed E-state index contributed by atoms with van der Waals surface area (Å²) in [6, 6.07) is 17.3. The van der Waals surface area contributed by atoms with Gasteiger partial charge in [-0.05, 0) is 36.4 Å². The summed E-state index contributed by atoms with van der Waals surface area (Å²) in [6.07, 6.45) is 5.05. The second kappa shape index (κ2) is 11.1. The summed E-state index contributed by atoms with van der Waals surface area (Å²) in [5.74, 6) is 0. The van der Waals surface area contributed by atoms with Gasteiger partial charge in [0.2, 0.25) is 0 Å². The number of ether oxygens (including phenoxy) is 3. The average Bonchev–Trinajstić information content (AvgIpc) is 2.74. The molecule has 0 aliphatic carbocycles. The van der Waals surface area contributed by atoms with Crippen molar-refractivity contribution in [1.29, 1.82) is 0 Å². The van der Waals surface area contributed by atoms with Crippen molar-refractivity contribution < 1.29 is 14.2 Å². The van der Waals surface area contributed by atoms with Gasteiger partial charge in [-0.2, -0.15) is 0 Å². The molecule has 27 heavy (non-hydrogen) atoms. The third kappa shape index (κ3) is 7.22. The van der Waals surface area contributed by atoms with Crippen molar-refractivity contribution in [2.45, 2.75) is 25.9 Å². The lowest BCUT2D eigenvalue weighted by atomic mass is 10.3. The molecule has 0 aromatic carbocycles. The quantitative estimate of drug-likeness (QED) is 0.520. The van der Waals surface area contributed by atoms with Crippen LogP contribution in [0.2, 0.25) is 0 Å². The fourth-order valence-corrected chi connectivity index (χ4v) is 2.39. The van der Waals surface area contributed by atoms with E-state index in [2.05, 4.69) is 15.0 Å². The van der Waals surface area contributed by atoms with Crippen LogP contribution in [-0.4, -0.2) is 34.3 Å². The lowest BCUT2D eigenvalue weighted by Gasteiger charge is -2.18. The first-order valence-corrected chi connectivity index (χ1v) is 8.87. The molecule has 3 aromatic heterocycles. The molecule has 140 valence electrons. The van der Waals surface area contributed by atoms with Crippen molar-refractivity contribution in [3.8, 4) is 0 Å². The molecule has 0 unspecified atom stereocenters. The van der Waals surface area contributed by atoms with E-state index in [-0.39, 0.29) is 6.10 Å². The van der Waals surface area contributed by atoms with E-state index in [0.29, 0.717) is 33.0 Å². The number of hydrogen-bond donors (Lipinski definition) is 0.